The van der Waals surface area contributed by atoms with Crippen LogP contribution in [0.3, 0.4) is 0 Å². The van der Waals surface area contributed by atoms with Gasteiger partial charge in [0.2, 0.25) is 0 Å². The van der Waals surface area contributed by atoms with E-state index in [1.54, 1.807) is 6.92 Å². The zero-order chi connectivity index (χ0) is 13.0. The van der Waals surface area contributed by atoms with Gasteiger partial charge in [-0.2, -0.15) is 0 Å². The molecule has 1 aromatic heterocycles. The van der Waals surface area contributed by atoms with Crippen LogP contribution in [0.1, 0.15) is 17.5 Å². The summed E-state index contributed by atoms with van der Waals surface area (Å²) in [4.78, 5) is 28.7. The Morgan fingerprint density at radius 1 is 1.47 bits per heavy atom. The van der Waals surface area contributed by atoms with Crippen molar-refractivity contribution in [3.05, 3.63) is 10.6 Å². The molecule has 7 heteroatoms. The summed E-state index contributed by atoms with van der Waals surface area (Å²) in [6, 6.07) is -0.441. The van der Waals surface area contributed by atoms with Crippen LogP contribution in [0.4, 0.5) is 9.93 Å². The Labute approximate surface area is 103 Å². The lowest BCUT2D eigenvalue weighted by Gasteiger charge is -2.17. The lowest BCUT2D eigenvalue weighted by molar-refractivity contribution is -0.137. The predicted octanol–water partition coefficient (Wildman–Crippen LogP) is 1.70. The Balaban J connectivity index is 2.66. The molecule has 1 heterocycles. The number of aliphatic carboxylic acids is 1. The molecule has 6 nitrogen and oxygen atoms in total. The molecule has 17 heavy (non-hydrogen) atoms. The van der Waals surface area contributed by atoms with Crippen LogP contribution in [-0.4, -0.2) is 40.1 Å². The van der Waals surface area contributed by atoms with Crippen molar-refractivity contribution >= 4 is 28.5 Å². The second-order valence-corrected chi connectivity index (χ2v) is 4.70. The van der Waals surface area contributed by atoms with Crippen molar-refractivity contribution in [1.82, 2.24) is 9.88 Å². The van der Waals surface area contributed by atoms with Gasteiger partial charge in [0.25, 0.3) is 0 Å². The fourth-order valence-corrected chi connectivity index (χ4v) is 1.99. The number of amides is 2. The van der Waals surface area contributed by atoms with E-state index in [1.807, 2.05) is 13.8 Å². The van der Waals surface area contributed by atoms with E-state index in [1.165, 1.54) is 16.2 Å². The van der Waals surface area contributed by atoms with Gasteiger partial charge in [0.1, 0.15) is 6.54 Å². The lowest BCUT2D eigenvalue weighted by atomic mass is 10.4. The van der Waals surface area contributed by atoms with Crippen LogP contribution in [0, 0.1) is 13.8 Å². The summed E-state index contributed by atoms with van der Waals surface area (Å²) in [7, 11) is 0. The first kappa shape index (κ1) is 13.4. The van der Waals surface area contributed by atoms with Crippen molar-refractivity contribution < 1.29 is 14.7 Å². The summed E-state index contributed by atoms with van der Waals surface area (Å²) in [6.45, 7) is 5.52. The summed E-state index contributed by atoms with van der Waals surface area (Å²) >= 11 is 1.37. The van der Waals surface area contributed by atoms with Gasteiger partial charge in [-0.15, -0.1) is 11.3 Å². The van der Waals surface area contributed by atoms with Crippen molar-refractivity contribution in [2.24, 2.45) is 0 Å². The zero-order valence-corrected chi connectivity index (χ0v) is 10.8. The van der Waals surface area contributed by atoms with Crippen LogP contribution in [-0.2, 0) is 4.79 Å². The van der Waals surface area contributed by atoms with Crippen LogP contribution >= 0.6 is 11.3 Å². The number of hydrogen-bond acceptors (Lipinski definition) is 4. The van der Waals surface area contributed by atoms with Crippen LogP contribution in [0.2, 0.25) is 0 Å². The van der Waals surface area contributed by atoms with E-state index < -0.39 is 12.0 Å². The van der Waals surface area contributed by atoms with Gasteiger partial charge in [0.15, 0.2) is 5.13 Å². The molecule has 2 N–H and O–H groups in total. The Morgan fingerprint density at radius 3 is 2.53 bits per heavy atom. The number of urea groups is 1. The molecule has 2 amide bonds. The number of carbonyl (C=O) groups is 2. The topological polar surface area (TPSA) is 82.5 Å². The summed E-state index contributed by atoms with van der Waals surface area (Å²) in [5.41, 5.74) is 0.867. The maximum absolute atomic E-state index is 11.7. The lowest BCUT2D eigenvalue weighted by Crippen LogP contribution is -2.38. The quantitative estimate of drug-likeness (QED) is 0.860. The average Bonchev–Trinajstić information content (AvgIpc) is 2.54. The monoisotopic (exact) mass is 257 g/mol. The molecule has 0 radical (unpaired) electrons. The van der Waals surface area contributed by atoms with E-state index in [4.69, 9.17) is 5.11 Å². The van der Waals surface area contributed by atoms with E-state index in [-0.39, 0.29) is 6.54 Å². The number of aryl methyl sites for hydroxylation is 2. The van der Waals surface area contributed by atoms with Gasteiger partial charge in [0.05, 0.1) is 5.69 Å². The minimum Gasteiger partial charge on any atom is -0.480 e. The molecular formula is C10H15N3O3S. The van der Waals surface area contributed by atoms with Gasteiger partial charge in [0, 0.05) is 11.4 Å². The van der Waals surface area contributed by atoms with E-state index in [0.29, 0.717) is 11.7 Å². The van der Waals surface area contributed by atoms with E-state index >= 15 is 0 Å². The third-order valence-electron chi connectivity index (χ3n) is 2.24. The average molecular weight is 257 g/mol. The second kappa shape index (κ2) is 5.62. The number of nitrogens with one attached hydrogen (secondary N) is 1. The molecule has 0 aliphatic heterocycles. The summed E-state index contributed by atoms with van der Waals surface area (Å²) in [5, 5.41) is 11.7. The Hall–Kier alpha value is -1.63. The van der Waals surface area contributed by atoms with Gasteiger partial charge in [-0.1, -0.05) is 0 Å². The van der Waals surface area contributed by atoms with E-state index in [0.717, 1.165) is 10.6 Å². The van der Waals surface area contributed by atoms with Crippen molar-refractivity contribution in [1.29, 1.82) is 0 Å². The number of likely N-dealkylation sites (N-methyl/N-ethyl adjacent to an activating group) is 1. The molecule has 0 aliphatic carbocycles. The van der Waals surface area contributed by atoms with Crippen LogP contribution in [0.25, 0.3) is 0 Å². The standard InChI is InChI=1S/C10H15N3O3S/c1-4-13(5-8(14)15)10(16)12-9-11-6(2)7(3)17-9/h4-5H2,1-3H3,(H,14,15)(H,11,12,16). The first-order valence-electron chi connectivity index (χ1n) is 5.15. The third kappa shape index (κ3) is 3.70. The van der Waals surface area contributed by atoms with E-state index in [9.17, 15) is 9.59 Å². The third-order valence-corrected chi connectivity index (χ3v) is 3.23. The van der Waals surface area contributed by atoms with Crippen LogP contribution in [0.15, 0.2) is 0 Å². The molecule has 0 unspecified atom stereocenters. The molecule has 0 aromatic carbocycles. The Kier molecular flexibility index (Phi) is 4.45. The zero-order valence-electron chi connectivity index (χ0n) is 9.98. The molecule has 0 spiro atoms. The highest BCUT2D eigenvalue weighted by atomic mass is 32.1. The van der Waals surface area contributed by atoms with Crippen molar-refractivity contribution in [3.63, 3.8) is 0 Å². The second-order valence-electron chi connectivity index (χ2n) is 3.50. The van der Waals surface area contributed by atoms with Gasteiger partial charge < -0.3 is 10.0 Å². The first-order chi connectivity index (χ1) is 7.93. The molecule has 0 saturated carbocycles. The first-order valence-corrected chi connectivity index (χ1v) is 5.97. The van der Waals surface area contributed by atoms with Gasteiger partial charge >= 0.3 is 12.0 Å². The summed E-state index contributed by atoms with van der Waals surface area (Å²) in [5.74, 6) is -1.03. The van der Waals surface area contributed by atoms with Crippen LogP contribution < -0.4 is 5.32 Å². The largest absolute Gasteiger partial charge is 0.480 e. The number of nitrogens with zero attached hydrogens (tertiary/aromatic N) is 2. The molecule has 0 atom stereocenters. The number of thiazole rings is 1. The molecule has 0 saturated heterocycles. The van der Waals surface area contributed by atoms with Crippen molar-refractivity contribution in [3.8, 4) is 0 Å². The maximum Gasteiger partial charge on any atom is 0.324 e. The van der Waals surface area contributed by atoms with Crippen molar-refractivity contribution in [2.45, 2.75) is 20.8 Å². The molecule has 0 aliphatic rings. The normalized spacial score (nSPS) is 10.1. The highest BCUT2D eigenvalue weighted by Crippen LogP contribution is 2.21. The SMILES string of the molecule is CCN(CC(=O)O)C(=O)Nc1nc(C)c(C)s1. The molecule has 0 bridgehead atoms. The highest BCUT2D eigenvalue weighted by Gasteiger charge is 2.16. The Bertz CT molecular complexity index is 411. The number of carbonyl (C=O) groups excluding carboxylic acids is 1. The molecule has 94 valence electrons. The molecule has 0 fully saturated rings. The molecule has 1 aromatic rings. The number of rotatable bonds is 4. The van der Waals surface area contributed by atoms with Crippen molar-refractivity contribution in [2.75, 3.05) is 18.4 Å². The predicted molar refractivity (Wildman–Crippen MR) is 65.5 cm³/mol. The number of carboxylic acids is 1. The molecule has 1 rings (SSSR count). The molecular weight excluding hydrogens is 242 g/mol. The van der Waals surface area contributed by atoms with E-state index in [2.05, 4.69) is 10.3 Å². The fraction of sp³-hybridized carbons (Fsp3) is 0.500. The fourth-order valence-electron chi connectivity index (χ4n) is 1.19. The summed E-state index contributed by atoms with van der Waals surface area (Å²) < 4.78 is 0. The number of carboxylic acid groups (broad SMARTS) is 1. The number of hydrogen-bond donors (Lipinski definition) is 2. The maximum atomic E-state index is 11.7. The summed E-state index contributed by atoms with van der Waals surface area (Å²) in [6.07, 6.45) is 0. The van der Waals surface area contributed by atoms with Crippen LogP contribution in [0.5, 0.6) is 0 Å². The minimum atomic E-state index is -1.03. The Morgan fingerprint density at radius 2 is 2.12 bits per heavy atom. The van der Waals surface area contributed by atoms with Gasteiger partial charge in [-0.25, -0.2) is 9.78 Å². The highest BCUT2D eigenvalue weighted by molar-refractivity contribution is 7.15. The van der Waals surface area contributed by atoms with Gasteiger partial charge in [-0.3, -0.25) is 10.1 Å². The minimum absolute atomic E-state index is 0.314. The number of anilines is 1. The number of aromatic nitrogens is 1. The van der Waals surface area contributed by atoms with Gasteiger partial charge in [-0.05, 0) is 20.8 Å². The smallest absolute Gasteiger partial charge is 0.324 e.